The lowest BCUT2D eigenvalue weighted by Gasteiger charge is -2.18. The molecule has 1 atom stereocenters. The lowest BCUT2D eigenvalue weighted by molar-refractivity contribution is -0.160. The highest BCUT2D eigenvalue weighted by Gasteiger charge is 2.33. The van der Waals surface area contributed by atoms with Crippen molar-refractivity contribution in [1.82, 2.24) is 0 Å². The third-order valence-corrected chi connectivity index (χ3v) is 4.36. The van der Waals surface area contributed by atoms with Crippen molar-refractivity contribution >= 4 is 22.7 Å². The smallest absolute Gasteiger partial charge is 0.326 e. The predicted octanol–water partition coefficient (Wildman–Crippen LogP) is 4.76. The van der Waals surface area contributed by atoms with Gasteiger partial charge in [0.05, 0.1) is 0 Å². The second kappa shape index (κ2) is 8.49. The summed E-state index contributed by atoms with van der Waals surface area (Å²) in [6.45, 7) is 3.74. The molecular formula is C23H22O4. The van der Waals surface area contributed by atoms with E-state index in [-0.39, 0.29) is 12.5 Å². The summed E-state index contributed by atoms with van der Waals surface area (Å²) < 4.78 is 10.9. The normalized spacial score (nSPS) is 12.0. The van der Waals surface area contributed by atoms with Gasteiger partial charge in [0.25, 0.3) is 0 Å². The van der Waals surface area contributed by atoms with E-state index >= 15 is 0 Å². The van der Waals surface area contributed by atoms with Gasteiger partial charge in [-0.1, -0.05) is 80.6 Å². The van der Waals surface area contributed by atoms with E-state index in [9.17, 15) is 9.59 Å². The fraction of sp³-hybridized carbons (Fsp3) is 0.217. The van der Waals surface area contributed by atoms with Gasteiger partial charge < -0.3 is 9.47 Å². The molecule has 0 aliphatic heterocycles. The number of carbonyl (C=O) groups excluding carboxylic acids is 2. The molecule has 3 aromatic carbocycles. The monoisotopic (exact) mass is 362 g/mol. The van der Waals surface area contributed by atoms with E-state index in [0.717, 1.165) is 16.3 Å². The minimum Gasteiger partial charge on any atom is -0.460 e. The van der Waals surface area contributed by atoms with Gasteiger partial charge in [0, 0.05) is 5.39 Å². The molecule has 27 heavy (non-hydrogen) atoms. The van der Waals surface area contributed by atoms with Crippen LogP contribution < -0.4 is 4.74 Å². The minimum atomic E-state index is -0.979. The van der Waals surface area contributed by atoms with Crippen molar-refractivity contribution in [2.75, 3.05) is 0 Å². The van der Waals surface area contributed by atoms with Gasteiger partial charge in [-0.25, -0.2) is 0 Å². The predicted molar refractivity (Wildman–Crippen MR) is 104 cm³/mol. The topological polar surface area (TPSA) is 52.6 Å². The van der Waals surface area contributed by atoms with E-state index < -0.39 is 17.9 Å². The second-order valence-electron chi connectivity index (χ2n) is 6.71. The average Bonchev–Trinajstić information content (AvgIpc) is 2.67. The first kappa shape index (κ1) is 18.6. The zero-order valence-electron chi connectivity index (χ0n) is 15.4. The molecule has 3 rings (SSSR count). The summed E-state index contributed by atoms with van der Waals surface area (Å²) in [5, 5.41) is 1.80. The Morgan fingerprint density at radius 2 is 1.48 bits per heavy atom. The lowest BCUT2D eigenvalue weighted by atomic mass is 9.96. The maximum Gasteiger partial charge on any atom is 0.326 e. The molecule has 0 saturated heterocycles. The number of ether oxygens (including phenoxy) is 2. The van der Waals surface area contributed by atoms with Crippen molar-refractivity contribution in [3.8, 4) is 5.75 Å². The van der Waals surface area contributed by atoms with Gasteiger partial charge in [0.15, 0.2) is 5.92 Å². The zero-order valence-corrected chi connectivity index (χ0v) is 15.4. The van der Waals surface area contributed by atoms with E-state index in [0.29, 0.717) is 5.75 Å². The Hall–Kier alpha value is -3.14. The van der Waals surface area contributed by atoms with E-state index in [1.54, 1.807) is 19.9 Å². The third-order valence-electron chi connectivity index (χ3n) is 4.36. The largest absolute Gasteiger partial charge is 0.460 e. The number of carbonyl (C=O) groups is 2. The SMILES string of the molecule is CC(C)[C@@H](C(=O)OCc1ccccc1)C(=O)Oc1cccc2ccccc12. The number of hydrogen-bond acceptors (Lipinski definition) is 4. The van der Waals surface area contributed by atoms with Gasteiger partial charge in [-0.05, 0) is 22.9 Å². The summed E-state index contributed by atoms with van der Waals surface area (Å²) in [5.74, 6) is -1.94. The molecular weight excluding hydrogens is 340 g/mol. The Bertz CT molecular complexity index is 926. The minimum absolute atomic E-state index is 0.129. The number of esters is 2. The summed E-state index contributed by atoms with van der Waals surface area (Å²) in [6, 6.07) is 22.5. The highest BCUT2D eigenvalue weighted by atomic mass is 16.6. The van der Waals surface area contributed by atoms with Crippen LogP contribution in [0, 0.1) is 11.8 Å². The molecule has 0 aromatic heterocycles. The first-order valence-corrected chi connectivity index (χ1v) is 8.96. The Balaban J connectivity index is 1.74. The van der Waals surface area contributed by atoms with Crippen LogP contribution in [0.4, 0.5) is 0 Å². The summed E-state index contributed by atoms with van der Waals surface area (Å²) in [7, 11) is 0. The Morgan fingerprint density at radius 3 is 2.22 bits per heavy atom. The highest BCUT2D eigenvalue weighted by Crippen LogP contribution is 2.27. The van der Waals surface area contributed by atoms with Gasteiger partial charge in [-0.3, -0.25) is 9.59 Å². The van der Waals surface area contributed by atoms with Crippen molar-refractivity contribution in [3.05, 3.63) is 78.4 Å². The number of benzene rings is 3. The Kier molecular flexibility index (Phi) is 5.87. The van der Waals surface area contributed by atoms with Crippen LogP contribution in [0.5, 0.6) is 5.75 Å². The molecule has 0 aliphatic rings. The van der Waals surface area contributed by atoms with E-state index in [1.807, 2.05) is 66.7 Å². The quantitative estimate of drug-likeness (QED) is 0.360. The molecule has 3 aromatic rings. The molecule has 0 aliphatic carbocycles. The van der Waals surface area contributed by atoms with Crippen LogP contribution in [0.25, 0.3) is 10.8 Å². The fourth-order valence-corrected chi connectivity index (χ4v) is 2.92. The van der Waals surface area contributed by atoms with Crippen LogP contribution in [-0.2, 0) is 20.9 Å². The van der Waals surface area contributed by atoms with Crippen molar-refractivity contribution in [1.29, 1.82) is 0 Å². The number of rotatable bonds is 6. The number of fused-ring (bicyclic) bond motifs is 1. The molecule has 0 heterocycles. The van der Waals surface area contributed by atoms with Crippen molar-refractivity contribution in [2.24, 2.45) is 11.8 Å². The van der Waals surface area contributed by atoms with Gasteiger partial charge in [0.2, 0.25) is 0 Å². The maximum absolute atomic E-state index is 12.7. The van der Waals surface area contributed by atoms with E-state index in [4.69, 9.17) is 9.47 Å². The highest BCUT2D eigenvalue weighted by molar-refractivity contribution is 5.98. The standard InChI is InChI=1S/C23H22O4/c1-16(2)21(22(24)26-15-17-9-4-3-5-10-17)23(25)27-20-14-8-12-18-11-6-7-13-19(18)20/h3-14,16,21H,15H2,1-2H3/t21-/m0/s1. The molecule has 0 N–H and O–H groups in total. The van der Waals surface area contributed by atoms with Gasteiger partial charge in [0.1, 0.15) is 12.4 Å². The van der Waals surface area contributed by atoms with Crippen molar-refractivity contribution < 1.29 is 19.1 Å². The van der Waals surface area contributed by atoms with Gasteiger partial charge >= 0.3 is 11.9 Å². The molecule has 0 fully saturated rings. The molecule has 0 bridgehead atoms. The van der Waals surface area contributed by atoms with Crippen LogP contribution in [-0.4, -0.2) is 11.9 Å². The van der Waals surface area contributed by atoms with E-state index in [1.165, 1.54) is 0 Å². The third kappa shape index (κ3) is 4.53. The molecule has 4 heteroatoms. The van der Waals surface area contributed by atoms with Crippen LogP contribution in [0.1, 0.15) is 19.4 Å². The van der Waals surface area contributed by atoms with Crippen LogP contribution in [0.3, 0.4) is 0 Å². The van der Waals surface area contributed by atoms with Gasteiger partial charge in [-0.15, -0.1) is 0 Å². The van der Waals surface area contributed by atoms with Gasteiger partial charge in [-0.2, -0.15) is 0 Å². The molecule has 4 nitrogen and oxygen atoms in total. The first-order valence-electron chi connectivity index (χ1n) is 8.96. The first-order chi connectivity index (χ1) is 13.1. The van der Waals surface area contributed by atoms with Crippen molar-refractivity contribution in [3.63, 3.8) is 0 Å². The van der Waals surface area contributed by atoms with E-state index in [2.05, 4.69) is 0 Å². The summed E-state index contributed by atoms with van der Waals surface area (Å²) in [6.07, 6.45) is 0. The maximum atomic E-state index is 12.7. The summed E-state index contributed by atoms with van der Waals surface area (Å²) in [4.78, 5) is 25.3. The molecule has 0 spiro atoms. The molecule has 138 valence electrons. The second-order valence-corrected chi connectivity index (χ2v) is 6.71. The molecule has 0 amide bonds. The van der Waals surface area contributed by atoms with Crippen LogP contribution in [0.2, 0.25) is 0 Å². The molecule has 0 unspecified atom stereocenters. The zero-order chi connectivity index (χ0) is 19.2. The Morgan fingerprint density at radius 1 is 0.815 bits per heavy atom. The van der Waals surface area contributed by atoms with Crippen LogP contribution >= 0.6 is 0 Å². The van der Waals surface area contributed by atoms with Crippen molar-refractivity contribution in [2.45, 2.75) is 20.5 Å². The molecule has 0 radical (unpaired) electrons. The number of hydrogen-bond donors (Lipinski definition) is 0. The lowest BCUT2D eigenvalue weighted by Crippen LogP contribution is -2.33. The fourth-order valence-electron chi connectivity index (χ4n) is 2.92. The van der Waals surface area contributed by atoms with Crippen LogP contribution in [0.15, 0.2) is 72.8 Å². The Labute approximate surface area is 158 Å². The molecule has 0 saturated carbocycles. The average molecular weight is 362 g/mol. The summed E-state index contributed by atoms with van der Waals surface area (Å²) in [5.41, 5.74) is 0.871. The summed E-state index contributed by atoms with van der Waals surface area (Å²) >= 11 is 0.